The standard InChI is InChI=1S/C8H14N2O2S/c1-3-4-10-6(11)8(2,5-13)9-7(10)12/h13H,3-5H2,1-2H3,(H,9,12). The minimum Gasteiger partial charge on any atom is -0.323 e. The van der Waals surface area contributed by atoms with Crippen LogP contribution in [0.2, 0.25) is 0 Å². The quantitative estimate of drug-likeness (QED) is 0.521. The van der Waals surface area contributed by atoms with Gasteiger partial charge in [0.2, 0.25) is 0 Å². The zero-order chi connectivity index (χ0) is 10.1. The highest BCUT2D eigenvalue weighted by molar-refractivity contribution is 7.80. The fourth-order valence-electron chi connectivity index (χ4n) is 1.28. The van der Waals surface area contributed by atoms with Crippen molar-refractivity contribution < 1.29 is 9.59 Å². The summed E-state index contributed by atoms with van der Waals surface area (Å²) < 4.78 is 0. The Balaban J connectivity index is 2.81. The number of imide groups is 1. The van der Waals surface area contributed by atoms with Crippen LogP contribution in [0.4, 0.5) is 4.79 Å². The highest BCUT2D eigenvalue weighted by atomic mass is 32.1. The summed E-state index contributed by atoms with van der Waals surface area (Å²) in [6.07, 6.45) is 0.780. The van der Waals surface area contributed by atoms with Crippen molar-refractivity contribution >= 4 is 24.6 Å². The van der Waals surface area contributed by atoms with Crippen LogP contribution in [0.5, 0.6) is 0 Å². The number of amides is 3. The van der Waals surface area contributed by atoms with E-state index in [1.165, 1.54) is 4.90 Å². The molecule has 1 heterocycles. The van der Waals surface area contributed by atoms with Gasteiger partial charge < -0.3 is 5.32 Å². The number of rotatable bonds is 3. The molecule has 1 aliphatic rings. The second-order valence-corrected chi connectivity index (χ2v) is 3.69. The van der Waals surface area contributed by atoms with Gasteiger partial charge in [-0.3, -0.25) is 9.69 Å². The predicted octanol–water partition coefficient (Wildman–Crippen LogP) is 0.637. The molecule has 1 N–H and O–H groups in total. The normalized spacial score (nSPS) is 28.1. The van der Waals surface area contributed by atoms with Gasteiger partial charge in [-0.1, -0.05) is 6.92 Å². The van der Waals surface area contributed by atoms with E-state index in [0.29, 0.717) is 12.3 Å². The van der Waals surface area contributed by atoms with E-state index in [1.54, 1.807) is 6.92 Å². The first-order chi connectivity index (χ1) is 6.05. The van der Waals surface area contributed by atoms with Gasteiger partial charge in [-0.2, -0.15) is 12.6 Å². The molecule has 1 rings (SSSR count). The van der Waals surface area contributed by atoms with Gasteiger partial charge in [0, 0.05) is 12.3 Å². The third-order valence-corrected chi connectivity index (χ3v) is 2.74. The molecule has 0 aromatic carbocycles. The average molecular weight is 202 g/mol. The lowest BCUT2D eigenvalue weighted by Gasteiger charge is -2.18. The van der Waals surface area contributed by atoms with Crippen molar-refractivity contribution in [2.45, 2.75) is 25.8 Å². The summed E-state index contributed by atoms with van der Waals surface area (Å²) in [4.78, 5) is 24.2. The van der Waals surface area contributed by atoms with E-state index in [4.69, 9.17) is 0 Å². The number of carbonyl (C=O) groups excluding carboxylic acids is 2. The van der Waals surface area contributed by atoms with Gasteiger partial charge >= 0.3 is 6.03 Å². The summed E-state index contributed by atoms with van der Waals surface area (Å²) in [5.74, 6) is 0.159. The highest BCUT2D eigenvalue weighted by Gasteiger charge is 2.46. The van der Waals surface area contributed by atoms with Gasteiger partial charge in [-0.15, -0.1) is 0 Å². The average Bonchev–Trinajstić information content (AvgIpc) is 2.31. The first kappa shape index (κ1) is 10.4. The van der Waals surface area contributed by atoms with Crippen LogP contribution in [0.25, 0.3) is 0 Å². The van der Waals surface area contributed by atoms with Gasteiger partial charge in [0.05, 0.1) is 0 Å². The number of nitrogens with one attached hydrogen (secondary N) is 1. The van der Waals surface area contributed by atoms with Crippen molar-refractivity contribution in [3.8, 4) is 0 Å². The first-order valence-electron chi connectivity index (χ1n) is 4.30. The van der Waals surface area contributed by atoms with Gasteiger partial charge in [-0.25, -0.2) is 4.79 Å². The smallest absolute Gasteiger partial charge is 0.323 e. The summed E-state index contributed by atoms with van der Waals surface area (Å²) in [5.41, 5.74) is -0.810. The molecule has 0 aliphatic carbocycles. The lowest BCUT2D eigenvalue weighted by molar-refractivity contribution is -0.130. The Morgan fingerprint density at radius 2 is 2.15 bits per heavy atom. The Hall–Kier alpha value is -0.710. The molecule has 13 heavy (non-hydrogen) atoms. The Morgan fingerprint density at radius 3 is 2.54 bits per heavy atom. The van der Waals surface area contributed by atoms with Crippen LogP contribution in [0.3, 0.4) is 0 Å². The zero-order valence-corrected chi connectivity index (χ0v) is 8.73. The molecule has 0 saturated carbocycles. The molecule has 4 nitrogen and oxygen atoms in total. The number of urea groups is 1. The van der Waals surface area contributed by atoms with Gasteiger partial charge in [0.15, 0.2) is 0 Å². The van der Waals surface area contributed by atoms with Crippen molar-refractivity contribution in [1.29, 1.82) is 0 Å². The Bertz CT molecular complexity index is 244. The van der Waals surface area contributed by atoms with Crippen LogP contribution < -0.4 is 5.32 Å². The summed E-state index contributed by atoms with van der Waals surface area (Å²) in [6.45, 7) is 4.10. The van der Waals surface area contributed by atoms with E-state index in [2.05, 4.69) is 17.9 Å². The van der Waals surface area contributed by atoms with Crippen molar-refractivity contribution in [1.82, 2.24) is 10.2 Å². The highest BCUT2D eigenvalue weighted by Crippen LogP contribution is 2.18. The second kappa shape index (κ2) is 3.57. The minimum atomic E-state index is -0.810. The number of carbonyl (C=O) groups is 2. The van der Waals surface area contributed by atoms with Crippen LogP contribution in [0, 0.1) is 0 Å². The van der Waals surface area contributed by atoms with Crippen LogP contribution in [-0.4, -0.2) is 34.7 Å². The Kier molecular flexibility index (Phi) is 2.85. The second-order valence-electron chi connectivity index (χ2n) is 3.38. The summed E-state index contributed by atoms with van der Waals surface area (Å²) in [6, 6.07) is -0.302. The molecule has 0 aromatic heterocycles. The number of hydrogen-bond acceptors (Lipinski definition) is 3. The SMILES string of the molecule is CCCN1C(=O)NC(C)(CS)C1=O. The monoisotopic (exact) mass is 202 g/mol. The minimum absolute atomic E-state index is 0.172. The van der Waals surface area contributed by atoms with Gasteiger partial charge in [-0.05, 0) is 13.3 Å². The molecular formula is C8H14N2O2S. The van der Waals surface area contributed by atoms with Crippen molar-refractivity contribution in [3.63, 3.8) is 0 Å². The maximum Gasteiger partial charge on any atom is 0.325 e. The van der Waals surface area contributed by atoms with E-state index in [1.807, 2.05) is 6.92 Å². The predicted molar refractivity (Wildman–Crippen MR) is 52.8 cm³/mol. The van der Waals surface area contributed by atoms with Gasteiger partial charge in [0.1, 0.15) is 5.54 Å². The van der Waals surface area contributed by atoms with E-state index in [0.717, 1.165) is 6.42 Å². The van der Waals surface area contributed by atoms with Crippen molar-refractivity contribution in [2.75, 3.05) is 12.3 Å². The molecule has 1 saturated heterocycles. The largest absolute Gasteiger partial charge is 0.325 e. The van der Waals surface area contributed by atoms with E-state index < -0.39 is 5.54 Å². The lowest BCUT2D eigenvalue weighted by atomic mass is 10.1. The Labute approximate surface area is 83.1 Å². The lowest BCUT2D eigenvalue weighted by Crippen LogP contribution is -2.45. The van der Waals surface area contributed by atoms with Crippen LogP contribution in [-0.2, 0) is 4.79 Å². The van der Waals surface area contributed by atoms with Crippen molar-refractivity contribution in [2.24, 2.45) is 0 Å². The zero-order valence-electron chi connectivity index (χ0n) is 7.83. The van der Waals surface area contributed by atoms with Crippen LogP contribution in [0.15, 0.2) is 0 Å². The molecule has 3 amide bonds. The van der Waals surface area contributed by atoms with E-state index >= 15 is 0 Å². The molecule has 5 heteroatoms. The fourth-order valence-corrected chi connectivity index (χ4v) is 1.50. The molecule has 1 atom stereocenters. The molecule has 1 fully saturated rings. The summed E-state index contributed by atoms with van der Waals surface area (Å²) in [7, 11) is 0. The van der Waals surface area contributed by atoms with E-state index in [9.17, 15) is 9.59 Å². The molecule has 1 unspecified atom stereocenters. The third kappa shape index (κ3) is 1.65. The molecule has 74 valence electrons. The molecule has 0 bridgehead atoms. The molecular weight excluding hydrogens is 188 g/mol. The number of nitrogens with zero attached hydrogens (tertiary/aromatic N) is 1. The number of thiol groups is 1. The summed E-state index contributed by atoms with van der Waals surface area (Å²) >= 11 is 4.05. The number of hydrogen-bond donors (Lipinski definition) is 2. The van der Waals surface area contributed by atoms with Crippen LogP contribution in [0.1, 0.15) is 20.3 Å². The molecule has 0 radical (unpaired) electrons. The topological polar surface area (TPSA) is 49.4 Å². The Morgan fingerprint density at radius 1 is 1.54 bits per heavy atom. The van der Waals surface area contributed by atoms with Gasteiger partial charge in [0.25, 0.3) is 5.91 Å². The summed E-state index contributed by atoms with van der Waals surface area (Å²) in [5, 5.41) is 2.63. The first-order valence-corrected chi connectivity index (χ1v) is 4.93. The fraction of sp³-hybridized carbons (Fsp3) is 0.750. The van der Waals surface area contributed by atoms with Crippen molar-refractivity contribution in [3.05, 3.63) is 0 Å². The van der Waals surface area contributed by atoms with Crippen LogP contribution >= 0.6 is 12.6 Å². The maximum absolute atomic E-state index is 11.7. The van der Waals surface area contributed by atoms with E-state index in [-0.39, 0.29) is 11.9 Å². The third-order valence-electron chi connectivity index (χ3n) is 2.11. The maximum atomic E-state index is 11.7. The molecule has 1 aliphatic heterocycles. The molecule has 0 aromatic rings. The molecule has 0 spiro atoms.